The first kappa shape index (κ1) is 18.8. The van der Waals surface area contributed by atoms with Crippen molar-refractivity contribution in [2.45, 2.75) is 19.0 Å². The second-order valence-electron chi connectivity index (χ2n) is 4.73. The molecule has 2 rings (SSSR count). The van der Waals surface area contributed by atoms with Gasteiger partial charge >= 0.3 is 6.18 Å². The lowest BCUT2D eigenvalue weighted by atomic mass is 10.1. The fourth-order valence-corrected chi connectivity index (χ4v) is 1.90. The summed E-state index contributed by atoms with van der Waals surface area (Å²) < 4.78 is 37.2. The average molecular weight is 349 g/mol. The predicted octanol–water partition coefficient (Wildman–Crippen LogP) is 2.80. The zero-order valence-corrected chi connectivity index (χ0v) is 12.8. The van der Waals surface area contributed by atoms with E-state index in [1.165, 1.54) is 0 Å². The van der Waals surface area contributed by atoms with Crippen molar-refractivity contribution in [1.29, 1.82) is 0 Å². The van der Waals surface area contributed by atoms with Gasteiger partial charge in [-0.25, -0.2) is 4.98 Å². The topological polar surface area (TPSA) is 83.8 Å². The molecule has 0 aliphatic heterocycles. The van der Waals surface area contributed by atoms with Crippen molar-refractivity contribution in [2.75, 3.05) is 12.3 Å². The van der Waals surface area contributed by atoms with Gasteiger partial charge in [0.1, 0.15) is 0 Å². The van der Waals surface area contributed by atoms with Gasteiger partial charge in [-0.1, -0.05) is 0 Å². The number of nitrogens with two attached hydrogens (primary N) is 1. The lowest BCUT2D eigenvalue weighted by Crippen LogP contribution is -2.24. The number of hydrogen-bond acceptors (Lipinski definition) is 3. The highest BCUT2D eigenvalue weighted by molar-refractivity contribution is 5.94. The monoisotopic (exact) mass is 348 g/mol. The molecule has 4 N–H and O–H groups in total. The highest BCUT2D eigenvalue weighted by Gasteiger charge is 2.30. The number of H-pyrrole nitrogens is 1. The zero-order valence-electron chi connectivity index (χ0n) is 12.0. The minimum atomic E-state index is -4.40. The van der Waals surface area contributed by atoms with Crippen molar-refractivity contribution in [3.05, 3.63) is 47.3 Å². The minimum absolute atomic E-state index is 0. The molecule has 0 radical (unpaired) electrons. The third-order valence-electron chi connectivity index (χ3n) is 3.03. The zero-order chi connectivity index (χ0) is 16.2. The number of aromatic nitrogens is 2. The Hall–Kier alpha value is -2.22. The Morgan fingerprint density at radius 1 is 1.26 bits per heavy atom. The van der Waals surface area contributed by atoms with Gasteiger partial charge in [-0.3, -0.25) is 4.79 Å². The summed E-state index contributed by atoms with van der Waals surface area (Å²) in [6.07, 6.45) is -1.46. The largest absolute Gasteiger partial charge is 0.416 e. The van der Waals surface area contributed by atoms with Crippen LogP contribution in [-0.2, 0) is 12.6 Å². The number of rotatable bonds is 5. The van der Waals surface area contributed by atoms with Gasteiger partial charge in [0.15, 0.2) is 5.95 Å². The van der Waals surface area contributed by atoms with Gasteiger partial charge < -0.3 is 16.0 Å². The first-order valence-electron chi connectivity index (χ1n) is 6.61. The van der Waals surface area contributed by atoms with Gasteiger partial charge in [0.25, 0.3) is 5.91 Å². The normalized spacial score (nSPS) is 10.9. The number of alkyl halides is 3. The number of carbonyl (C=O) groups excluding carboxylic acids is 1. The third-order valence-corrected chi connectivity index (χ3v) is 3.03. The van der Waals surface area contributed by atoms with Crippen LogP contribution in [0.4, 0.5) is 19.1 Å². The van der Waals surface area contributed by atoms with E-state index in [-0.39, 0.29) is 18.0 Å². The van der Waals surface area contributed by atoms with E-state index in [4.69, 9.17) is 5.73 Å². The van der Waals surface area contributed by atoms with E-state index < -0.39 is 17.6 Å². The number of nitrogen functional groups attached to an aromatic ring is 1. The molecule has 0 spiro atoms. The summed E-state index contributed by atoms with van der Waals surface area (Å²) in [6, 6.07) is 4.10. The molecular weight excluding hydrogens is 333 g/mol. The number of imidazole rings is 1. The number of anilines is 1. The van der Waals surface area contributed by atoms with Crippen LogP contribution in [0.15, 0.2) is 30.5 Å². The van der Waals surface area contributed by atoms with Crippen molar-refractivity contribution in [2.24, 2.45) is 0 Å². The first-order chi connectivity index (χ1) is 10.4. The molecule has 1 aromatic heterocycles. The van der Waals surface area contributed by atoms with Crippen LogP contribution in [0.2, 0.25) is 0 Å². The third kappa shape index (κ3) is 5.48. The standard InChI is InChI=1S/C14H15F3N4O.ClH/c15-14(16,17)10-5-3-9(4-6-10)12(22)19-7-1-2-11-8-20-13(18)21-11;/h3-6,8H,1-2,7H2,(H,19,22)(H3,18,20,21);1H. The summed E-state index contributed by atoms with van der Waals surface area (Å²) in [5.41, 5.74) is 5.71. The van der Waals surface area contributed by atoms with Crippen LogP contribution in [0.3, 0.4) is 0 Å². The van der Waals surface area contributed by atoms with Crippen molar-refractivity contribution in [1.82, 2.24) is 15.3 Å². The first-order valence-corrected chi connectivity index (χ1v) is 6.61. The summed E-state index contributed by atoms with van der Waals surface area (Å²) in [5.74, 6) is -0.0679. The molecule has 1 aromatic carbocycles. The van der Waals surface area contributed by atoms with Crippen molar-refractivity contribution in [3.8, 4) is 0 Å². The van der Waals surface area contributed by atoms with Gasteiger partial charge in [0.2, 0.25) is 0 Å². The Bertz CT molecular complexity index is 640. The van der Waals surface area contributed by atoms with E-state index in [2.05, 4.69) is 15.3 Å². The number of aryl methyl sites for hydroxylation is 1. The Morgan fingerprint density at radius 3 is 2.43 bits per heavy atom. The predicted molar refractivity (Wildman–Crippen MR) is 82.3 cm³/mol. The number of nitrogens with zero attached hydrogens (tertiary/aromatic N) is 1. The van der Waals surface area contributed by atoms with E-state index in [1.54, 1.807) is 6.20 Å². The molecule has 0 aliphatic carbocycles. The Morgan fingerprint density at radius 2 is 1.91 bits per heavy atom. The van der Waals surface area contributed by atoms with Crippen molar-refractivity contribution < 1.29 is 18.0 Å². The molecule has 5 nitrogen and oxygen atoms in total. The molecule has 0 unspecified atom stereocenters. The SMILES string of the molecule is Cl.Nc1ncc(CCCNC(=O)c2ccc(C(F)(F)F)cc2)[nH]1. The van der Waals surface area contributed by atoms with Crippen LogP contribution in [0, 0.1) is 0 Å². The lowest BCUT2D eigenvalue weighted by molar-refractivity contribution is -0.137. The highest BCUT2D eigenvalue weighted by Crippen LogP contribution is 2.29. The lowest BCUT2D eigenvalue weighted by Gasteiger charge is -2.08. The van der Waals surface area contributed by atoms with E-state index in [0.717, 1.165) is 30.0 Å². The maximum absolute atomic E-state index is 12.4. The fourth-order valence-electron chi connectivity index (χ4n) is 1.90. The maximum Gasteiger partial charge on any atom is 0.416 e. The van der Waals surface area contributed by atoms with Crippen LogP contribution in [0.1, 0.15) is 28.0 Å². The summed E-state index contributed by atoms with van der Waals surface area (Å²) in [6.45, 7) is 0.402. The highest BCUT2D eigenvalue weighted by atomic mass is 35.5. The van der Waals surface area contributed by atoms with E-state index >= 15 is 0 Å². The molecule has 0 fully saturated rings. The van der Waals surface area contributed by atoms with Gasteiger partial charge in [-0.2, -0.15) is 13.2 Å². The van der Waals surface area contributed by atoms with E-state index in [0.29, 0.717) is 25.3 Å². The average Bonchev–Trinajstić information content (AvgIpc) is 2.88. The number of carbonyl (C=O) groups is 1. The van der Waals surface area contributed by atoms with Crippen LogP contribution in [0.5, 0.6) is 0 Å². The van der Waals surface area contributed by atoms with Crippen LogP contribution < -0.4 is 11.1 Å². The smallest absolute Gasteiger partial charge is 0.369 e. The molecule has 0 atom stereocenters. The minimum Gasteiger partial charge on any atom is -0.369 e. The van der Waals surface area contributed by atoms with Gasteiger partial charge in [0.05, 0.1) is 11.8 Å². The Kier molecular flexibility index (Phi) is 6.44. The molecule has 0 bridgehead atoms. The van der Waals surface area contributed by atoms with Crippen LogP contribution in [-0.4, -0.2) is 22.4 Å². The number of benzene rings is 1. The number of amides is 1. The van der Waals surface area contributed by atoms with Gasteiger partial charge in [-0.05, 0) is 37.1 Å². The van der Waals surface area contributed by atoms with Crippen molar-refractivity contribution in [3.63, 3.8) is 0 Å². The number of aromatic amines is 1. The second kappa shape index (κ2) is 7.87. The fraction of sp³-hybridized carbons (Fsp3) is 0.286. The van der Waals surface area contributed by atoms with Crippen molar-refractivity contribution >= 4 is 24.3 Å². The number of halogens is 4. The summed E-state index contributed by atoms with van der Waals surface area (Å²) >= 11 is 0. The molecule has 1 amide bonds. The maximum atomic E-state index is 12.4. The van der Waals surface area contributed by atoms with Gasteiger partial charge in [-0.15, -0.1) is 12.4 Å². The van der Waals surface area contributed by atoms with E-state index in [9.17, 15) is 18.0 Å². The molecule has 0 aliphatic rings. The molecule has 9 heteroatoms. The Balaban J connectivity index is 0.00000264. The summed E-state index contributed by atoms with van der Waals surface area (Å²) in [4.78, 5) is 18.5. The molecule has 1 heterocycles. The molecule has 0 saturated heterocycles. The summed E-state index contributed by atoms with van der Waals surface area (Å²) in [7, 11) is 0. The number of nitrogens with one attached hydrogen (secondary N) is 2. The van der Waals surface area contributed by atoms with Gasteiger partial charge in [0, 0.05) is 17.8 Å². The molecule has 126 valence electrons. The molecular formula is C14H16ClF3N4O. The van der Waals surface area contributed by atoms with Crippen LogP contribution >= 0.6 is 12.4 Å². The Labute approximate surface area is 136 Å². The van der Waals surface area contributed by atoms with E-state index in [1.807, 2.05) is 0 Å². The second-order valence-corrected chi connectivity index (χ2v) is 4.73. The molecule has 2 aromatic rings. The quantitative estimate of drug-likeness (QED) is 0.726. The van der Waals surface area contributed by atoms with Crippen LogP contribution in [0.25, 0.3) is 0 Å². The molecule has 0 saturated carbocycles. The summed E-state index contributed by atoms with van der Waals surface area (Å²) in [5, 5.41) is 2.65. The number of hydrogen-bond donors (Lipinski definition) is 3. The molecule has 23 heavy (non-hydrogen) atoms.